The molecule has 23 heavy (non-hydrogen) atoms. The van der Waals surface area contributed by atoms with Gasteiger partial charge in [-0.2, -0.15) is 0 Å². The number of aryl methyl sites for hydroxylation is 2. The highest BCUT2D eigenvalue weighted by atomic mass is 35.5. The van der Waals surface area contributed by atoms with Crippen molar-refractivity contribution in [2.24, 2.45) is 0 Å². The molecule has 4 heteroatoms. The van der Waals surface area contributed by atoms with Crippen molar-refractivity contribution in [2.45, 2.75) is 26.7 Å². The highest BCUT2D eigenvalue weighted by Gasteiger charge is 2.13. The molecule has 1 aliphatic rings. The summed E-state index contributed by atoms with van der Waals surface area (Å²) in [6.45, 7) is 14.8. The molecule has 3 nitrogen and oxygen atoms in total. The Morgan fingerprint density at radius 1 is 1.13 bits per heavy atom. The van der Waals surface area contributed by atoms with Crippen molar-refractivity contribution < 1.29 is 4.74 Å². The molecule has 0 aliphatic carbocycles. The van der Waals surface area contributed by atoms with E-state index in [9.17, 15) is 0 Å². The first-order chi connectivity index (χ1) is 10.6. The number of allylic oxidation sites excluding steroid dienone is 1. The second-order valence-corrected chi connectivity index (χ2v) is 6.40. The fraction of sp³-hybridized carbons (Fsp3) is 0.579. The Balaban J connectivity index is 0.00000264. The quantitative estimate of drug-likeness (QED) is 0.559. The Bertz CT molecular complexity index is 473. The molecule has 0 bridgehead atoms. The lowest BCUT2D eigenvalue weighted by molar-refractivity contribution is 0.145. The zero-order valence-corrected chi connectivity index (χ0v) is 15.6. The van der Waals surface area contributed by atoms with Gasteiger partial charge in [0.05, 0.1) is 6.61 Å². The second kappa shape index (κ2) is 9.96. The molecule has 0 amide bonds. The maximum atomic E-state index is 6.05. The van der Waals surface area contributed by atoms with Gasteiger partial charge in [0.1, 0.15) is 5.75 Å². The lowest BCUT2D eigenvalue weighted by Crippen LogP contribution is -2.44. The number of halogens is 1. The summed E-state index contributed by atoms with van der Waals surface area (Å²) in [7, 11) is 2.20. The molecule has 130 valence electrons. The largest absolute Gasteiger partial charge is 0.493 e. The fourth-order valence-corrected chi connectivity index (χ4v) is 3.09. The first-order valence-electron chi connectivity index (χ1n) is 8.35. The maximum Gasteiger partial charge on any atom is 0.125 e. The number of hydrogen-bond acceptors (Lipinski definition) is 3. The van der Waals surface area contributed by atoms with E-state index in [1.54, 1.807) is 0 Å². The van der Waals surface area contributed by atoms with E-state index in [0.717, 1.165) is 31.7 Å². The zero-order valence-electron chi connectivity index (χ0n) is 14.8. The van der Waals surface area contributed by atoms with Crippen LogP contribution >= 0.6 is 12.4 Å². The van der Waals surface area contributed by atoms with Crippen LogP contribution in [0.3, 0.4) is 0 Å². The van der Waals surface area contributed by atoms with Crippen molar-refractivity contribution in [2.75, 3.05) is 46.4 Å². The van der Waals surface area contributed by atoms with Crippen LogP contribution in [0.1, 0.15) is 23.1 Å². The van der Waals surface area contributed by atoms with Gasteiger partial charge >= 0.3 is 0 Å². The first kappa shape index (κ1) is 20.0. The summed E-state index contributed by atoms with van der Waals surface area (Å²) in [5.74, 6) is 1.06. The molecule has 0 atom stereocenters. The number of hydrogen-bond donors (Lipinski definition) is 0. The summed E-state index contributed by atoms with van der Waals surface area (Å²) in [5.41, 5.74) is 3.78. The molecule has 1 saturated heterocycles. The summed E-state index contributed by atoms with van der Waals surface area (Å²) in [6, 6.07) is 4.43. The van der Waals surface area contributed by atoms with Gasteiger partial charge in [0.2, 0.25) is 0 Å². The van der Waals surface area contributed by atoms with Gasteiger partial charge in [-0.1, -0.05) is 18.2 Å². The van der Waals surface area contributed by atoms with Crippen molar-refractivity contribution in [1.82, 2.24) is 9.80 Å². The summed E-state index contributed by atoms with van der Waals surface area (Å²) >= 11 is 0. The molecule has 1 aromatic carbocycles. The molecule has 0 spiro atoms. The molecular formula is C19H31ClN2O. The van der Waals surface area contributed by atoms with Gasteiger partial charge < -0.3 is 14.5 Å². The minimum Gasteiger partial charge on any atom is -0.493 e. The molecule has 1 aliphatic heterocycles. The first-order valence-corrected chi connectivity index (χ1v) is 8.35. The molecule has 1 aromatic rings. The molecule has 0 saturated carbocycles. The SMILES string of the molecule is C=CCc1cc(C)c(OCCCN2CCN(C)CC2)c(C)c1.Cl. The van der Waals surface area contributed by atoms with Crippen LogP contribution in [0.2, 0.25) is 0 Å². The van der Waals surface area contributed by atoms with Crippen LogP contribution in [0.25, 0.3) is 0 Å². The van der Waals surface area contributed by atoms with E-state index < -0.39 is 0 Å². The Morgan fingerprint density at radius 2 is 1.74 bits per heavy atom. The van der Waals surface area contributed by atoms with E-state index in [4.69, 9.17) is 4.74 Å². The van der Waals surface area contributed by atoms with Crippen molar-refractivity contribution >= 4 is 12.4 Å². The molecular weight excluding hydrogens is 308 g/mol. The summed E-state index contributed by atoms with van der Waals surface area (Å²) in [4.78, 5) is 4.93. The van der Waals surface area contributed by atoms with Crippen molar-refractivity contribution in [3.05, 3.63) is 41.5 Å². The van der Waals surface area contributed by atoms with Crippen LogP contribution in [-0.2, 0) is 6.42 Å². The van der Waals surface area contributed by atoms with Crippen molar-refractivity contribution in [3.8, 4) is 5.75 Å². The maximum absolute atomic E-state index is 6.05. The van der Waals surface area contributed by atoms with Gasteiger partial charge in [0.25, 0.3) is 0 Å². The molecule has 0 radical (unpaired) electrons. The Hall–Kier alpha value is -1.03. The Morgan fingerprint density at radius 3 is 2.30 bits per heavy atom. The molecule has 0 aromatic heterocycles. The van der Waals surface area contributed by atoms with Crippen molar-refractivity contribution in [3.63, 3.8) is 0 Å². The fourth-order valence-electron chi connectivity index (χ4n) is 3.09. The highest BCUT2D eigenvalue weighted by Crippen LogP contribution is 2.25. The van der Waals surface area contributed by atoms with Crippen LogP contribution in [0.5, 0.6) is 5.75 Å². The minimum atomic E-state index is 0. The highest BCUT2D eigenvalue weighted by molar-refractivity contribution is 5.85. The van der Waals surface area contributed by atoms with E-state index in [2.05, 4.69) is 49.4 Å². The standard InChI is InChI=1S/C19H30N2O.ClH/c1-5-7-18-14-16(2)19(17(3)15-18)22-13-6-8-21-11-9-20(4)10-12-21;/h5,14-15H,1,6-13H2,2-4H3;1H. The lowest BCUT2D eigenvalue weighted by Gasteiger charge is -2.32. The normalized spacial score (nSPS) is 16.0. The van der Waals surface area contributed by atoms with Crippen LogP contribution < -0.4 is 4.74 Å². The van der Waals surface area contributed by atoms with Gasteiger partial charge in [-0.3, -0.25) is 0 Å². The third-order valence-corrected chi connectivity index (χ3v) is 4.36. The molecule has 2 rings (SSSR count). The average Bonchev–Trinajstić information content (AvgIpc) is 2.48. The number of rotatable bonds is 7. The summed E-state index contributed by atoms with van der Waals surface area (Å²) in [6.07, 6.45) is 3.97. The molecule has 1 heterocycles. The molecule has 0 N–H and O–H groups in total. The zero-order chi connectivity index (χ0) is 15.9. The van der Waals surface area contributed by atoms with Crippen LogP contribution in [0, 0.1) is 13.8 Å². The third kappa shape index (κ3) is 6.17. The topological polar surface area (TPSA) is 15.7 Å². The molecule has 0 unspecified atom stereocenters. The average molecular weight is 339 g/mol. The Labute approximate surface area is 147 Å². The number of likely N-dealkylation sites (N-methyl/N-ethyl adjacent to an activating group) is 1. The number of ether oxygens (including phenoxy) is 1. The van der Waals surface area contributed by atoms with Gasteiger partial charge in [-0.15, -0.1) is 19.0 Å². The van der Waals surface area contributed by atoms with Crippen LogP contribution in [-0.4, -0.2) is 56.2 Å². The monoisotopic (exact) mass is 338 g/mol. The van der Waals surface area contributed by atoms with E-state index in [1.165, 1.54) is 42.9 Å². The van der Waals surface area contributed by atoms with E-state index in [1.807, 2.05) is 6.08 Å². The van der Waals surface area contributed by atoms with Crippen LogP contribution in [0.4, 0.5) is 0 Å². The second-order valence-electron chi connectivity index (χ2n) is 6.40. The number of nitrogens with zero attached hydrogens (tertiary/aromatic N) is 2. The van der Waals surface area contributed by atoms with E-state index >= 15 is 0 Å². The lowest BCUT2D eigenvalue weighted by atomic mass is 10.0. The predicted molar refractivity (Wildman–Crippen MR) is 101 cm³/mol. The van der Waals surface area contributed by atoms with Crippen LogP contribution in [0.15, 0.2) is 24.8 Å². The third-order valence-electron chi connectivity index (χ3n) is 4.36. The van der Waals surface area contributed by atoms with E-state index in [-0.39, 0.29) is 12.4 Å². The number of piperazine rings is 1. The van der Waals surface area contributed by atoms with E-state index in [0.29, 0.717) is 0 Å². The smallest absolute Gasteiger partial charge is 0.125 e. The predicted octanol–water partition coefficient (Wildman–Crippen LogP) is 3.47. The van der Waals surface area contributed by atoms with Gasteiger partial charge in [-0.25, -0.2) is 0 Å². The molecule has 1 fully saturated rings. The van der Waals surface area contributed by atoms with Gasteiger partial charge in [0.15, 0.2) is 0 Å². The Kier molecular flexibility index (Phi) is 8.67. The van der Waals surface area contributed by atoms with Crippen molar-refractivity contribution in [1.29, 1.82) is 0 Å². The summed E-state index contributed by atoms with van der Waals surface area (Å²) in [5, 5.41) is 0. The minimum absolute atomic E-state index is 0. The number of benzene rings is 1. The van der Waals surface area contributed by atoms with Gasteiger partial charge in [-0.05, 0) is 50.4 Å². The van der Waals surface area contributed by atoms with Gasteiger partial charge in [0, 0.05) is 32.7 Å². The summed E-state index contributed by atoms with van der Waals surface area (Å²) < 4.78 is 6.05.